The number of halogens is 1. The van der Waals surface area contributed by atoms with Gasteiger partial charge in [0.1, 0.15) is 5.70 Å². The molecular formula is C15H14ClN3O4. The van der Waals surface area contributed by atoms with Crippen LogP contribution >= 0.6 is 11.6 Å². The second-order valence-electron chi connectivity index (χ2n) is 4.36. The van der Waals surface area contributed by atoms with Crippen LogP contribution in [-0.2, 0) is 19.1 Å². The number of nitrogens with zero attached hydrogens (tertiary/aromatic N) is 1. The Morgan fingerprint density at radius 2 is 2.04 bits per heavy atom. The number of esters is 2. The van der Waals surface area contributed by atoms with E-state index in [4.69, 9.17) is 11.6 Å². The fourth-order valence-corrected chi connectivity index (χ4v) is 2.01. The molecule has 0 bridgehead atoms. The van der Waals surface area contributed by atoms with Crippen molar-refractivity contribution in [3.05, 3.63) is 47.3 Å². The highest BCUT2D eigenvalue weighted by Crippen LogP contribution is 2.30. The Bertz CT molecular complexity index is 741. The Hall–Kier alpha value is -2.80. The molecule has 23 heavy (non-hydrogen) atoms. The number of carbonyl (C=O) groups excluding carboxylic acids is 2. The summed E-state index contributed by atoms with van der Waals surface area (Å²) in [5, 5.41) is 10.0. The molecule has 0 radical (unpaired) electrons. The average molecular weight is 336 g/mol. The van der Waals surface area contributed by atoms with Crippen LogP contribution in [0.1, 0.15) is 0 Å². The van der Waals surface area contributed by atoms with E-state index in [1.165, 1.54) is 14.2 Å². The molecule has 2 rings (SSSR count). The van der Waals surface area contributed by atoms with Gasteiger partial charge in [-0.3, -0.25) is 5.10 Å². The molecule has 1 aromatic carbocycles. The quantitative estimate of drug-likeness (QED) is 0.643. The van der Waals surface area contributed by atoms with Crippen molar-refractivity contribution >= 4 is 29.2 Å². The van der Waals surface area contributed by atoms with Gasteiger partial charge in [-0.05, 0) is 24.3 Å². The number of rotatable bonds is 5. The number of carbonyl (C=O) groups is 2. The smallest absolute Gasteiger partial charge is 0.354 e. The van der Waals surface area contributed by atoms with Crippen LogP contribution in [0.2, 0.25) is 5.02 Å². The summed E-state index contributed by atoms with van der Waals surface area (Å²) in [5.74, 6) is -1.41. The van der Waals surface area contributed by atoms with Crippen molar-refractivity contribution in [3.8, 4) is 11.3 Å². The largest absolute Gasteiger partial charge is 0.466 e. The lowest BCUT2D eigenvalue weighted by Crippen LogP contribution is -2.16. The Balaban J connectivity index is 2.44. The summed E-state index contributed by atoms with van der Waals surface area (Å²) in [4.78, 5) is 23.3. The normalized spacial score (nSPS) is 11.0. The molecule has 0 saturated carbocycles. The molecule has 2 N–H and O–H groups in total. The molecule has 0 amide bonds. The molecule has 0 atom stereocenters. The molecule has 1 heterocycles. The monoisotopic (exact) mass is 335 g/mol. The zero-order valence-electron chi connectivity index (χ0n) is 12.4. The first kappa shape index (κ1) is 16.6. The lowest BCUT2D eigenvalue weighted by molar-refractivity contribution is -0.138. The molecule has 0 saturated heterocycles. The molecule has 8 heteroatoms. The van der Waals surface area contributed by atoms with Crippen LogP contribution in [0.25, 0.3) is 11.3 Å². The molecule has 0 unspecified atom stereocenters. The number of aromatic nitrogens is 2. The van der Waals surface area contributed by atoms with E-state index in [1.54, 1.807) is 30.5 Å². The maximum Gasteiger partial charge on any atom is 0.354 e. The number of ether oxygens (including phenoxy) is 2. The van der Waals surface area contributed by atoms with Crippen molar-refractivity contribution in [3.63, 3.8) is 0 Å². The summed E-state index contributed by atoms with van der Waals surface area (Å²) in [6, 6.07) is 6.83. The van der Waals surface area contributed by atoms with Gasteiger partial charge in [0.25, 0.3) is 0 Å². The van der Waals surface area contributed by atoms with Crippen LogP contribution < -0.4 is 5.32 Å². The van der Waals surface area contributed by atoms with Crippen molar-refractivity contribution in [2.24, 2.45) is 0 Å². The van der Waals surface area contributed by atoms with E-state index in [2.05, 4.69) is 25.0 Å². The average Bonchev–Trinajstić information content (AvgIpc) is 3.07. The third kappa shape index (κ3) is 4.10. The lowest BCUT2D eigenvalue weighted by atomic mass is 10.1. The van der Waals surface area contributed by atoms with E-state index in [-0.39, 0.29) is 5.70 Å². The minimum absolute atomic E-state index is 0.0811. The Morgan fingerprint density at radius 3 is 2.65 bits per heavy atom. The maximum atomic E-state index is 11.8. The van der Waals surface area contributed by atoms with Gasteiger partial charge in [-0.25, -0.2) is 9.59 Å². The number of hydrogen-bond acceptors (Lipinski definition) is 6. The van der Waals surface area contributed by atoms with E-state index in [9.17, 15) is 9.59 Å². The molecule has 1 aromatic heterocycles. The first-order valence-corrected chi connectivity index (χ1v) is 6.87. The Labute approximate surface area is 137 Å². The highest BCUT2D eigenvalue weighted by atomic mass is 35.5. The van der Waals surface area contributed by atoms with Crippen molar-refractivity contribution in [2.45, 2.75) is 0 Å². The lowest BCUT2D eigenvalue weighted by Gasteiger charge is -2.13. The van der Waals surface area contributed by atoms with Crippen molar-refractivity contribution in [1.29, 1.82) is 0 Å². The number of benzene rings is 1. The van der Waals surface area contributed by atoms with E-state index in [0.717, 1.165) is 6.08 Å². The molecule has 0 fully saturated rings. The van der Waals surface area contributed by atoms with Gasteiger partial charge in [-0.2, -0.15) is 5.10 Å². The Morgan fingerprint density at radius 1 is 1.26 bits per heavy atom. The summed E-state index contributed by atoms with van der Waals surface area (Å²) in [5.41, 5.74) is 1.85. The molecule has 0 spiro atoms. The number of anilines is 1. The number of H-pyrrole nitrogens is 1. The summed E-state index contributed by atoms with van der Waals surface area (Å²) in [6.45, 7) is 0. The van der Waals surface area contributed by atoms with Gasteiger partial charge in [0.2, 0.25) is 0 Å². The first-order valence-electron chi connectivity index (χ1n) is 6.49. The molecule has 120 valence electrons. The third-order valence-electron chi connectivity index (χ3n) is 2.91. The minimum atomic E-state index is -0.717. The minimum Gasteiger partial charge on any atom is -0.466 e. The predicted molar refractivity (Wildman–Crippen MR) is 84.8 cm³/mol. The molecule has 0 aliphatic rings. The van der Waals surface area contributed by atoms with Gasteiger partial charge in [-0.15, -0.1) is 0 Å². The Kier molecular flexibility index (Phi) is 5.37. The topological polar surface area (TPSA) is 93.3 Å². The number of hydrogen-bond donors (Lipinski definition) is 2. The van der Waals surface area contributed by atoms with Crippen molar-refractivity contribution in [1.82, 2.24) is 10.2 Å². The molecule has 0 aliphatic carbocycles. The van der Waals surface area contributed by atoms with Gasteiger partial charge < -0.3 is 14.8 Å². The number of aromatic amines is 1. The highest BCUT2D eigenvalue weighted by Gasteiger charge is 2.16. The van der Waals surface area contributed by atoms with Crippen LogP contribution in [-0.4, -0.2) is 36.4 Å². The third-order valence-corrected chi connectivity index (χ3v) is 3.15. The number of nitrogens with one attached hydrogen (secondary N) is 2. The van der Waals surface area contributed by atoms with Crippen LogP contribution in [0.15, 0.2) is 42.2 Å². The van der Waals surface area contributed by atoms with Gasteiger partial charge in [0.05, 0.1) is 26.0 Å². The second-order valence-corrected chi connectivity index (χ2v) is 4.79. The van der Waals surface area contributed by atoms with Crippen molar-refractivity contribution < 1.29 is 19.1 Å². The predicted octanol–water partition coefficient (Wildman–Crippen LogP) is 2.37. The van der Waals surface area contributed by atoms with Gasteiger partial charge in [-0.1, -0.05) is 11.6 Å². The van der Waals surface area contributed by atoms with Gasteiger partial charge >= 0.3 is 11.9 Å². The van der Waals surface area contributed by atoms with Crippen LogP contribution in [0.5, 0.6) is 0 Å². The highest BCUT2D eigenvalue weighted by molar-refractivity contribution is 6.31. The summed E-state index contributed by atoms with van der Waals surface area (Å²) >= 11 is 6.02. The molecule has 0 aliphatic heterocycles. The SMILES string of the molecule is COC(=O)/C=C(/Nc1cc(Cl)ccc1-c1ccn[nH]1)C(=O)OC. The fourth-order valence-electron chi connectivity index (χ4n) is 1.84. The molecule has 2 aromatic rings. The summed E-state index contributed by atoms with van der Waals surface area (Å²) in [7, 11) is 2.42. The van der Waals surface area contributed by atoms with E-state index in [0.29, 0.717) is 22.0 Å². The van der Waals surface area contributed by atoms with Crippen molar-refractivity contribution in [2.75, 3.05) is 19.5 Å². The van der Waals surface area contributed by atoms with E-state index in [1.807, 2.05) is 0 Å². The summed E-state index contributed by atoms with van der Waals surface area (Å²) in [6.07, 6.45) is 2.60. The van der Waals surface area contributed by atoms with Crippen LogP contribution in [0.4, 0.5) is 5.69 Å². The summed E-state index contributed by atoms with van der Waals surface area (Å²) < 4.78 is 9.19. The maximum absolute atomic E-state index is 11.8. The van der Waals surface area contributed by atoms with Gasteiger partial charge in [0.15, 0.2) is 0 Å². The van der Waals surface area contributed by atoms with E-state index >= 15 is 0 Å². The van der Waals surface area contributed by atoms with Crippen LogP contribution in [0.3, 0.4) is 0 Å². The zero-order chi connectivity index (χ0) is 16.8. The first-order chi connectivity index (χ1) is 11.0. The fraction of sp³-hybridized carbons (Fsp3) is 0.133. The second kappa shape index (κ2) is 7.46. The zero-order valence-corrected chi connectivity index (χ0v) is 13.2. The molecular weight excluding hydrogens is 322 g/mol. The van der Waals surface area contributed by atoms with E-state index < -0.39 is 11.9 Å². The molecule has 7 nitrogen and oxygen atoms in total. The van der Waals surface area contributed by atoms with Crippen LogP contribution in [0, 0.1) is 0 Å². The number of methoxy groups -OCH3 is 2. The standard InChI is InChI=1S/C15H14ClN3O4/c1-22-14(20)8-13(15(21)23-2)18-12-7-9(16)3-4-10(12)11-5-6-17-19-11/h3-8,18H,1-2H3,(H,17,19)/b13-8+. The van der Waals surface area contributed by atoms with Gasteiger partial charge in [0, 0.05) is 22.5 Å².